The lowest BCUT2D eigenvalue weighted by molar-refractivity contribution is -0.119. The van der Waals surface area contributed by atoms with Crippen molar-refractivity contribution in [3.63, 3.8) is 0 Å². The first-order chi connectivity index (χ1) is 9.95. The predicted molar refractivity (Wildman–Crippen MR) is 87.4 cm³/mol. The highest BCUT2D eigenvalue weighted by atomic mass is 16.2. The van der Waals surface area contributed by atoms with Crippen LogP contribution in [0.2, 0.25) is 0 Å². The molecule has 1 aromatic rings. The van der Waals surface area contributed by atoms with E-state index >= 15 is 0 Å². The van der Waals surface area contributed by atoms with Crippen LogP contribution in [-0.2, 0) is 4.79 Å². The van der Waals surface area contributed by atoms with Gasteiger partial charge in [-0.2, -0.15) is 0 Å². The maximum Gasteiger partial charge on any atom is 0.240 e. The van der Waals surface area contributed by atoms with Crippen LogP contribution in [0.1, 0.15) is 6.42 Å². The summed E-state index contributed by atoms with van der Waals surface area (Å²) in [4.78, 5) is 18.5. The number of hydrogen-bond donors (Lipinski definition) is 1. The molecule has 0 aliphatic carbocycles. The Morgan fingerprint density at radius 3 is 2.57 bits per heavy atom. The van der Waals surface area contributed by atoms with Gasteiger partial charge in [0.15, 0.2) is 0 Å². The molecule has 1 saturated heterocycles. The average Bonchev–Trinajstić information content (AvgIpc) is 2.83. The maximum atomic E-state index is 12.3. The van der Waals surface area contributed by atoms with E-state index < -0.39 is 0 Å². The molecule has 2 N–H and O–H groups in total. The van der Waals surface area contributed by atoms with Crippen LogP contribution in [0.4, 0.5) is 11.4 Å². The van der Waals surface area contributed by atoms with Crippen molar-refractivity contribution in [2.45, 2.75) is 6.42 Å². The zero-order valence-corrected chi connectivity index (χ0v) is 13.2. The smallest absolute Gasteiger partial charge is 0.240 e. The van der Waals surface area contributed by atoms with Gasteiger partial charge < -0.3 is 15.5 Å². The van der Waals surface area contributed by atoms with Crippen molar-refractivity contribution in [2.24, 2.45) is 5.92 Å². The van der Waals surface area contributed by atoms with Crippen LogP contribution < -0.4 is 10.6 Å². The van der Waals surface area contributed by atoms with Crippen LogP contribution in [-0.4, -0.2) is 63.0 Å². The van der Waals surface area contributed by atoms with Gasteiger partial charge in [-0.15, -0.1) is 0 Å². The number of rotatable bonds is 5. The molecule has 0 radical (unpaired) electrons. The van der Waals surface area contributed by atoms with Gasteiger partial charge in [0.1, 0.15) is 0 Å². The van der Waals surface area contributed by atoms with E-state index in [1.807, 2.05) is 38.4 Å². The number of anilines is 2. The Hall–Kier alpha value is -1.59. The Bertz CT molecular complexity index is 474. The SMILES string of the molecule is CN1CCC(CN(C)CC(=O)N(C)c2ccc(N)cc2)C1. The Kier molecular flexibility index (Phi) is 5.20. The summed E-state index contributed by atoms with van der Waals surface area (Å²) in [6.45, 7) is 3.72. The summed E-state index contributed by atoms with van der Waals surface area (Å²) >= 11 is 0. The fraction of sp³-hybridized carbons (Fsp3) is 0.562. The Morgan fingerprint density at radius 2 is 2.00 bits per heavy atom. The van der Waals surface area contributed by atoms with Crippen molar-refractivity contribution >= 4 is 17.3 Å². The van der Waals surface area contributed by atoms with Crippen molar-refractivity contribution < 1.29 is 4.79 Å². The number of carbonyl (C=O) groups is 1. The van der Waals surface area contributed by atoms with Gasteiger partial charge in [-0.25, -0.2) is 0 Å². The second-order valence-corrected chi connectivity index (χ2v) is 6.16. The molecule has 116 valence electrons. The van der Waals surface area contributed by atoms with Gasteiger partial charge in [0, 0.05) is 31.5 Å². The van der Waals surface area contributed by atoms with Gasteiger partial charge in [0.25, 0.3) is 0 Å². The van der Waals surface area contributed by atoms with Crippen LogP contribution in [0.5, 0.6) is 0 Å². The van der Waals surface area contributed by atoms with Crippen LogP contribution >= 0.6 is 0 Å². The van der Waals surface area contributed by atoms with E-state index in [2.05, 4.69) is 16.8 Å². The molecule has 1 unspecified atom stereocenters. The molecular weight excluding hydrogens is 264 g/mol. The molecule has 5 nitrogen and oxygen atoms in total. The Morgan fingerprint density at radius 1 is 1.33 bits per heavy atom. The topological polar surface area (TPSA) is 52.8 Å². The highest BCUT2D eigenvalue weighted by Crippen LogP contribution is 2.17. The number of benzene rings is 1. The number of amides is 1. The largest absolute Gasteiger partial charge is 0.399 e. The zero-order chi connectivity index (χ0) is 15.4. The molecule has 2 rings (SSSR count). The summed E-state index contributed by atoms with van der Waals surface area (Å²) in [6.07, 6.45) is 1.23. The monoisotopic (exact) mass is 290 g/mol. The molecule has 1 heterocycles. The molecule has 0 bridgehead atoms. The lowest BCUT2D eigenvalue weighted by Crippen LogP contribution is -2.38. The first-order valence-electron chi connectivity index (χ1n) is 7.45. The molecule has 0 saturated carbocycles. The van der Waals surface area contributed by atoms with E-state index in [0.717, 1.165) is 25.3 Å². The lowest BCUT2D eigenvalue weighted by Gasteiger charge is -2.24. The van der Waals surface area contributed by atoms with E-state index in [-0.39, 0.29) is 5.91 Å². The molecule has 1 aliphatic rings. The number of hydrogen-bond acceptors (Lipinski definition) is 4. The number of likely N-dealkylation sites (N-methyl/N-ethyl adjacent to an activating group) is 2. The van der Waals surface area contributed by atoms with Gasteiger partial charge in [-0.05, 0) is 57.2 Å². The van der Waals surface area contributed by atoms with E-state index in [1.54, 1.807) is 4.90 Å². The highest BCUT2D eigenvalue weighted by molar-refractivity contribution is 5.94. The number of nitrogens with two attached hydrogens (primary N) is 1. The van der Waals surface area contributed by atoms with E-state index in [0.29, 0.717) is 18.2 Å². The molecule has 5 heteroatoms. The van der Waals surface area contributed by atoms with Crippen molar-refractivity contribution in [2.75, 3.05) is 58.0 Å². The number of nitrogen functional groups attached to an aromatic ring is 1. The third-order valence-electron chi connectivity index (χ3n) is 4.12. The van der Waals surface area contributed by atoms with Crippen molar-refractivity contribution in [3.8, 4) is 0 Å². The van der Waals surface area contributed by atoms with Crippen LogP contribution in [0, 0.1) is 5.92 Å². The molecular formula is C16H26N4O. The second kappa shape index (κ2) is 6.91. The normalized spacial score (nSPS) is 19.1. The van der Waals surface area contributed by atoms with Gasteiger partial charge in [-0.3, -0.25) is 9.69 Å². The summed E-state index contributed by atoms with van der Waals surface area (Å²) in [5.74, 6) is 0.781. The van der Waals surface area contributed by atoms with Crippen LogP contribution in [0.3, 0.4) is 0 Å². The van der Waals surface area contributed by atoms with Gasteiger partial charge in [0.05, 0.1) is 6.54 Å². The number of likely N-dealkylation sites (tertiary alicyclic amines) is 1. The Balaban J connectivity index is 1.83. The first-order valence-corrected chi connectivity index (χ1v) is 7.45. The summed E-state index contributed by atoms with van der Waals surface area (Å²) in [7, 11) is 5.98. The lowest BCUT2D eigenvalue weighted by atomic mass is 10.1. The standard InChI is InChI=1S/C16H26N4O/c1-18-9-8-13(10-18)11-19(2)12-16(21)20(3)15-6-4-14(17)5-7-15/h4-7,13H,8-12,17H2,1-3H3. The van der Waals surface area contributed by atoms with E-state index in [4.69, 9.17) is 5.73 Å². The highest BCUT2D eigenvalue weighted by Gasteiger charge is 2.22. The van der Waals surface area contributed by atoms with Gasteiger partial charge in [0.2, 0.25) is 5.91 Å². The summed E-state index contributed by atoms with van der Waals surface area (Å²) in [6, 6.07) is 7.38. The molecule has 21 heavy (non-hydrogen) atoms. The first kappa shape index (κ1) is 15.8. The molecule has 1 fully saturated rings. The fourth-order valence-corrected chi connectivity index (χ4v) is 2.86. The fourth-order valence-electron chi connectivity index (χ4n) is 2.86. The van der Waals surface area contributed by atoms with Crippen molar-refractivity contribution in [1.82, 2.24) is 9.80 Å². The van der Waals surface area contributed by atoms with Crippen LogP contribution in [0.25, 0.3) is 0 Å². The van der Waals surface area contributed by atoms with E-state index in [1.165, 1.54) is 6.42 Å². The van der Waals surface area contributed by atoms with E-state index in [9.17, 15) is 4.79 Å². The summed E-state index contributed by atoms with van der Waals surface area (Å²) in [5.41, 5.74) is 7.26. The second-order valence-electron chi connectivity index (χ2n) is 6.16. The molecule has 1 aliphatic heterocycles. The molecule has 1 amide bonds. The molecule has 1 atom stereocenters. The van der Waals surface area contributed by atoms with Crippen molar-refractivity contribution in [1.29, 1.82) is 0 Å². The molecule has 0 spiro atoms. The number of nitrogens with zero attached hydrogens (tertiary/aromatic N) is 3. The minimum Gasteiger partial charge on any atom is -0.399 e. The Labute approximate surface area is 127 Å². The van der Waals surface area contributed by atoms with Crippen LogP contribution in [0.15, 0.2) is 24.3 Å². The molecule has 0 aromatic heterocycles. The summed E-state index contributed by atoms with van der Waals surface area (Å²) in [5, 5.41) is 0. The van der Waals surface area contributed by atoms with Crippen molar-refractivity contribution in [3.05, 3.63) is 24.3 Å². The quantitative estimate of drug-likeness (QED) is 0.826. The minimum atomic E-state index is 0.105. The summed E-state index contributed by atoms with van der Waals surface area (Å²) < 4.78 is 0. The number of carbonyl (C=O) groups excluding carboxylic acids is 1. The minimum absolute atomic E-state index is 0.105. The van der Waals surface area contributed by atoms with Gasteiger partial charge >= 0.3 is 0 Å². The third kappa shape index (κ3) is 4.44. The third-order valence-corrected chi connectivity index (χ3v) is 4.12. The zero-order valence-electron chi connectivity index (χ0n) is 13.2. The van der Waals surface area contributed by atoms with Gasteiger partial charge in [-0.1, -0.05) is 0 Å². The maximum absolute atomic E-state index is 12.3. The predicted octanol–water partition coefficient (Wildman–Crippen LogP) is 1.12. The molecule has 1 aromatic carbocycles. The average molecular weight is 290 g/mol.